The number of carbonyl (C=O) groups is 2. The number of phenols is 1. The van der Waals surface area contributed by atoms with Crippen molar-refractivity contribution in [2.45, 2.75) is 57.6 Å². The molecule has 0 aromatic heterocycles. The molecular formula is C20H25BrN2O5. The second-order valence-corrected chi connectivity index (χ2v) is 8.00. The van der Waals surface area contributed by atoms with Gasteiger partial charge in [0.2, 0.25) is 0 Å². The van der Waals surface area contributed by atoms with Gasteiger partial charge in [-0.1, -0.05) is 12.8 Å². The normalized spacial score (nSPS) is 20.8. The van der Waals surface area contributed by atoms with Crippen LogP contribution in [0.4, 0.5) is 4.79 Å². The van der Waals surface area contributed by atoms with Gasteiger partial charge in [0, 0.05) is 5.70 Å². The molecule has 1 heterocycles. The van der Waals surface area contributed by atoms with E-state index < -0.39 is 18.0 Å². The van der Waals surface area contributed by atoms with Crippen LogP contribution >= 0.6 is 15.9 Å². The molecule has 0 radical (unpaired) electrons. The van der Waals surface area contributed by atoms with Crippen LogP contribution < -0.4 is 15.4 Å². The predicted molar refractivity (Wildman–Crippen MR) is 107 cm³/mol. The van der Waals surface area contributed by atoms with Crippen LogP contribution in [0.25, 0.3) is 0 Å². The average molecular weight is 453 g/mol. The summed E-state index contributed by atoms with van der Waals surface area (Å²) in [6.07, 6.45) is 6.05. The summed E-state index contributed by atoms with van der Waals surface area (Å²) in [5, 5.41) is 15.5. The standard InChI is InChI=1S/C20H25BrN2O5/c1-11-16(19(25)28-13-7-5-3-4-6-8-13)17(23-20(26)22-11)12-9-14(21)18(24)15(10-12)27-2/h9-10,13,17,24H,3-8H2,1-2H3,(H2,22,23,26)/t17-/m1/s1. The van der Waals surface area contributed by atoms with Crippen molar-refractivity contribution in [1.82, 2.24) is 10.6 Å². The third kappa shape index (κ3) is 4.43. The molecule has 28 heavy (non-hydrogen) atoms. The molecule has 1 aliphatic carbocycles. The van der Waals surface area contributed by atoms with Crippen LogP contribution in [0.5, 0.6) is 11.5 Å². The van der Waals surface area contributed by atoms with Crippen LogP contribution in [0.15, 0.2) is 27.9 Å². The molecule has 3 rings (SSSR count). The lowest BCUT2D eigenvalue weighted by Gasteiger charge is -2.29. The Bertz CT molecular complexity index is 800. The summed E-state index contributed by atoms with van der Waals surface area (Å²) < 4.78 is 11.4. The topological polar surface area (TPSA) is 96.9 Å². The molecule has 8 heteroatoms. The largest absolute Gasteiger partial charge is 0.503 e. The monoisotopic (exact) mass is 452 g/mol. The molecule has 1 atom stereocenters. The van der Waals surface area contributed by atoms with E-state index in [4.69, 9.17) is 9.47 Å². The lowest BCUT2D eigenvalue weighted by Crippen LogP contribution is -2.45. The van der Waals surface area contributed by atoms with E-state index in [-0.39, 0.29) is 17.6 Å². The highest BCUT2D eigenvalue weighted by Gasteiger charge is 2.34. The van der Waals surface area contributed by atoms with E-state index in [1.165, 1.54) is 7.11 Å². The Hall–Kier alpha value is -2.22. The van der Waals surface area contributed by atoms with Crippen molar-refractivity contribution in [1.29, 1.82) is 0 Å². The van der Waals surface area contributed by atoms with Crippen LogP contribution in [-0.2, 0) is 9.53 Å². The number of ether oxygens (including phenoxy) is 2. The van der Waals surface area contributed by atoms with E-state index in [9.17, 15) is 14.7 Å². The Balaban J connectivity index is 1.92. The summed E-state index contributed by atoms with van der Waals surface area (Å²) >= 11 is 3.29. The lowest BCUT2D eigenvalue weighted by atomic mass is 9.95. The number of amides is 2. The zero-order chi connectivity index (χ0) is 20.3. The summed E-state index contributed by atoms with van der Waals surface area (Å²) in [6, 6.07) is 2.14. The van der Waals surface area contributed by atoms with E-state index in [0.717, 1.165) is 38.5 Å². The third-order valence-electron chi connectivity index (χ3n) is 5.17. The Morgan fingerprint density at radius 3 is 2.54 bits per heavy atom. The van der Waals surface area contributed by atoms with Crippen molar-refractivity contribution in [2.75, 3.05) is 7.11 Å². The number of urea groups is 1. The van der Waals surface area contributed by atoms with E-state index >= 15 is 0 Å². The fourth-order valence-electron chi connectivity index (χ4n) is 3.71. The third-order valence-corrected chi connectivity index (χ3v) is 5.77. The van der Waals surface area contributed by atoms with Crippen molar-refractivity contribution in [3.05, 3.63) is 33.4 Å². The number of nitrogens with one attached hydrogen (secondary N) is 2. The van der Waals surface area contributed by atoms with Crippen LogP contribution in [-0.4, -0.2) is 30.3 Å². The maximum atomic E-state index is 13.0. The molecule has 2 aliphatic rings. The first kappa shape index (κ1) is 20.5. The van der Waals surface area contributed by atoms with Gasteiger partial charge in [0.05, 0.1) is 23.2 Å². The highest BCUT2D eigenvalue weighted by molar-refractivity contribution is 9.10. The Morgan fingerprint density at radius 1 is 1.21 bits per heavy atom. The first-order chi connectivity index (χ1) is 13.4. The van der Waals surface area contributed by atoms with Crippen LogP contribution in [0, 0.1) is 0 Å². The van der Waals surface area contributed by atoms with Crippen molar-refractivity contribution < 1.29 is 24.2 Å². The number of hydrogen-bond acceptors (Lipinski definition) is 5. The molecule has 2 amide bonds. The first-order valence-corrected chi connectivity index (χ1v) is 10.3. The molecule has 0 spiro atoms. The van der Waals surface area contributed by atoms with Crippen molar-refractivity contribution >= 4 is 27.9 Å². The maximum absolute atomic E-state index is 13.0. The molecule has 1 aromatic carbocycles. The Kier molecular flexibility index (Phi) is 6.49. The van der Waals surface area contributed by atoms with Crippen LogP contribution in [0.2, 0.25) is 0 Å². The van der Waals surface area contributed by atoms with Crippen molar-refractivity contribution in [3.63, 3.8) is 0 Å². The van der Waals surface area contributed by atoms with Crippen molar-refractivity contribution in [3.8, 4) is 11.5 Å². The number of methoxy groups -OCH3 is 1. The molecule has 152 valence electrons. The predicted octanol–water partition coefficient (Wildman–Crippen LogP) is 4.06. The summed E-state index contributed by atoms with van der Waals surface area (Å²) in [6.45, 7) is 1.68. The average Bonchev–Trinajstić information content (AvgIpc) is 2.91. The molecule has 1 aliphatic heterocycles. The molecule has 0 bridgehead atoms. The molecule has 1 aromatic rings. The van der Waals surface area contributed by atoms with Gasteiger partial charge in [0.15, 0.2) is 11.5 Å². The van der Waals surface area contributed by atoms with Gasteiger partial charge in [-0.15, -0.1) is 0 Å². The molecule has 0 saturated heterocycles. The van der Waals surface area contributed by atoms with Gasteiger partial charge < -0.3 is 25.2 Å². The van der Waals surface area contributed by atoms with E-state index in [1.807, 2.05) is 0 Å². The van der Waals surface area contributed by atoms with Gasteiger partial charge in [-0.3, -0.25) is 0 Å². The SMILES string of the molecule is COc1cc([C@H]2NC(=O)NC(C)=C2C(=O)OC2CCCCCC2)cc(Br)c1O. The second kappa shape index (κ2) is 8.86. The minimum Gasteiger partial charge on any atom is -0.503 e. The summed E-state index contributed by atoms with van der Waals surface area (Å²) in [4.78, 5) is 25.1. The molecular weight excluding hydrogens is 428 g/mol. The van der Waals surface area contributed by atoms with Crippen molar-refractivity contribution in [2.24, 2.45) is 0 Å². The Labute approximate surface area is 172 Å². The summed E-state index contributed by atoms with van der Waals surface area (Å²) in [7, 11) is 1.44. The molecule has 1 saturated carbocycles. The van der Waals surface area contributed by atoms with Gasteiger partial charge in [-0.25, -0.2) is 9.59 Å². The van der Waals surface area contributed by atoms with Crippen LogP contribution in [0.1, 0.15) is 57.1 Å². The minimum atomic E-state index is -0.710. The summed E-state index contributed by atoms with van der Waals surface area (Å²) in [5.41, 5.74) is 1.41. The molecule has 3 N–H and O–H groups in total. The number of allylic oxidation sites excluding steroid dienone is 1. The number of esters is 1. The first-order valence-electron chi connectivity index (χ1n) is 9.46. The van der Waals surface area contributed by atoms with Gasteiger partial charge in [-0.05, 0) is 66.2 Å². The quantitative estimate of drug-likeness (QED) is 0.472. The highest BCUT2D eigenvalue weighted by Crippen LogP contribution is 2.39. The number of carbonyl (C=O) groups excluding carboxylic acids is 2. The second-order valence-electron chi connectivity index (χ2n) is 7.14. The van der Waals surface area contributed by atoms with E-state index in [1.54, 1.807) is 19.1 Å². The number of rotatable bonds is 4. The number of phenolic OH excluding ortho intramolecular Hbond substituents is 1. The fourth-order valence-corrected chi connectivity index (χ4v) is 4.16. The van der Waals surface area contributed by atoms with E-state index in [2.05, 4.69) is 26.6 Å². The summed E-state index contributed by atoms with van der Waals surface area (Å²) in [5.74, 6) is -0.244. The highest BCUT2D eigenvalue weighted by atomic mass is 79.9. The maximum Gasteiger partial charge on any atom is 0.338 e. The molecule has 1 fully saturated rings. The minimum absolute atomic E-state index is 0.0465. The van der Waals surface area contributed by atoms with Gasteiger partial charge in [-0.2, -0.15) is 0 Å². The zero-order valence-electron chi connectivity index (χ0n) is 16.0. The number of halogens is 1. The molecule has 0 unspecified atom stereocenters. The number of hydrogen-bond donors (Lipinski definition) is 3. The Morgan fingerprint density at radius 2 is 1.89 bits per heavy atom. The van der Waals surface area contributed by atoms with Crippen LogP contribution in [0.3, 0.4) is 0 Å². The van der Waals surface area contributed by atoms with Gasteiger partial charge in [0.25, 0.3) is 0 Å². The van der Waals surface area contributed by atoms with Gasteiger partial charge >= 0.3 is 12.0 Å². The van der Waals surface area contributed by atoms with E-state index in [0.29, 0.717) is 21.3 Å². The number of aromatic hydroxyl groups is 1. The molecule has 7 nitrogen and oxygen atoms in total. The fraction of sp³-hybridized carbons (Fsp3) is 0.500. The lowest BCUT2D eigenvalue weighted by molar-refractivity contribution is -0.145. The smallest absolute Gasteiger partial charge is 0.338 e. The zero-order valence-corrected chi connectivity index (χ0v) is 17.6. The number of benzene rings is 1. The van der Waals surface area contributed by atoms with Gasteiger partial charge in [0.1, 0.15) is 6.10 Å².